The summed E-state index contributed by atoms with van der Waals surface area (Å²) in [5.74, 6) is 0.468. The molecule has 100 valence electrons. The Morgan fingerprint density at radius 2 is 1.82 bits per heavy atom. The van der Waals surface area contributed by atoms with Crippen LogP contribution in [0.25, 0.3) is 0 Å². The number of nitrogens with one attached hydrogen (secondary N) is 1. The molecule has 0 aromatic heterocycles. The fourth-order valence-electron chi connectivity index (χ4n) is 1.51. The van der Waals surface area contributed by atoms with Crippen molar-refractivity contribution in [3.05, 3.63) is 0 Å². The highest BCUT2D eigenvalue weighted by atomic mass is 32.2. The normalized spacial score (nSPS) is 11.2. The van der Waals surface area contributed by atoms with Crippen molar-refractivity contribution in [1.82, 2.24) is 5.32 Å². The lowest BCUT2D eigenvalue weighted by Gasteiger charge is -2.26. The van der Waals surface area contributed by atoms with Gasteiger partial charge in [-0.1, -0.05) is 20.8 Å². The van der Waals surface area contributed by atoms with Gasteiger partial charge in [-0.3, -0.25) is 9.59 Å². The van der Waals surface area contributed by atoms with Crippen molar-refractivity contribution in [2.75, 3.05) is 18.1 Å². The van der Waals surface area contributed by atoms with Crippen molar-refractivity contribution in [3.8, 4) is 0 Å². The van der Waals surface area contributed by atoms with E-state index in [0.29, 0.717) is 18.6 Å². The van der Waals surface area contributed by atoms with Gasteiger partial charge in [0.2, 0.25) is 5.91 Å². The molecule has 0 aromatic carbocycles. The topological polar surface area (TPSA) is 66.4 Å². The molecule has 2 N–H and O–H groups in total. The summed E-state index contributed by atoms with van der Waals surface area (Å²) in [6.45, 7) is 5.97. The number of carboxylic acids is 1. The monoisotopic (exact) mass is 261 g/mol. The van der Waals surface area contributed by atoms with E-state index < -0.39 is 11.4 Å². The molecule has 0 atom stereocenters. The zero-order valence-electron chi connectivity index (χ0n) is 10.9. The third-order valence-corrected chi connectivity index (χ3v) is 4.18. The van der Waals surface area contributed by atoms with Crippen molar-refractivity contribution in [3.63, 3.8) is 0 Å². The number of carbonyl (C=O) groups is 2. The first-order valence-corrected chi connectivity index (χ1v) is 7.25. The summed E-state index contributed by atoms with van der Waals surface area (Å²) in [7, 11) is 0. The van der Waals surface area contributed by atoms with Crippen molar-refractivity contribution in [1.29, 1.82) is 0 Å². The Bertz CT molecular complexity index is 252. The zero-order valence-corrected chi connectivity index (χ0v) is 11.7. The van der Waals surface area contributed by atoms with E-state index in [1.165, 1.54) is 0 Å². The number of hydrogen-bond donors (Lipinski definition) is 2. The first kappa shape index (κ1) is 16.3. The van der Waals surface area contributed by atoms with Crippen LogP contribution in [-0.4, -0.2) is 35.0 Å². The molecule has 4 nitrogen and oxygen atoms in total. The van der Waals surface area contributed by atoms with Crippen LogP contribution in [0, 0.1) is 5.41 Å². The quantitative estimate of drug-likeness (QED) is 0.624. The summed E-state index contributed by atoms with van der Waals surface area (Å²) < 4.78 is 0. The van der Waals surface area contributed by atoms with Gasteiger partial charge in [-0.2, -0.15) is 11.8 Å². The van der Waals surface area contributed by atoms with Gasteiger partial charge in [0.1, 0.15) is 0 Å². The summed E-state index contributed by atoms with van der Waals surface area (Å²) >= 11 is 1.58. The molecule has 0 unspecified atom stereocenters. The van der Waals surface area contributed by atoms with Crippen LogP contribution < -0.4 is 5.32 Å². The Hall–Kier alpha value is -0.710. The van der Waals surface area contributed by atoms with E-state index in [2.05, 4.69) is 12.2 Å². The first-order chi connectivity index (χ1) is 8.02. The number of thioether (sulfide) groups is 1. The average Bonchev–Trinajstić information content (AvgIpc) is 2.31. The van der Waals surface area contributed by atoms with E-state index in [0.717, 1.165) is 12.2 Å². The highest BCUT2D eigenvalue weighted by molar-refractivity contribution is 7.99. The second-order valence-electron chi connectivity index (χ2n) is 4.12. The van der Waals surface area contributed by atoms with E-state index >= 15 is 0 Å². The molecule has 0 aromatic rings. The van der Waals surface area contributed by atoms with Gasteiger partial charge in [0.05, 0.1) is 11.2 Å². The van der Waals surface area contributed by atoms with Gasteiger partial charge < -0.3 is 10.4 Å². The Balaban J connectivity index is 4.13. The minimum absolute atomic E-state index is 0.0732. The molecule has 0 rings (SSSR count). The molecule has 0 fully saturated rings. The third kappa shape index (κ3) is 5.44. The van der Waals surface area contributed by atoms with Crippen LogP contribution in [0.2, 0.25) is 0 Å². The smallest absolute Gasteiger partial charge is 0.311 e. The number of hydrogen-bond acceptors (Lipinski definition) is 3. The van der Waals surface area contributed by atoms with Crippen molar-refractivity contribution in [2.45, 2.75) is 40.0 Å². The molecule has 0 heterocycles. The van der Waals surface area contributed by atoms with Crippen LogP contribution in [0.5, 0.6) is 0 Å². The molecule has 5 heteroatoms. The number of carbonyl (C=O) groups excluding carboxylic acids is 1. The van der Waals surface area contributed by atoms with E-state index in [9.17, 15) is 14.7 Å². The van der Waals surface area contributed by atoms with Crippen molar-refractivity contribution < 1.29 is 14.7 Å². The number of carboxylic acid groups (broad SMARTS) is 1. The molecule has 0 spiro atoms. The summed E-state index contributed by atoms with van der Waals surface area (Å²) in [6.07, 6.45) is 2.10. The van der Waals surface area contributed by atoms with Crippen LogP contribution in [0.15, 0.2) is 0 Å². The maximum absolute atomic E-state index is 11.5. The summed E-state index contributed by atoms with van der Waals surface area (Å²) in [5.41, 5.74) is -0.814. The molecule has 0 bridgehead atoms. The Labute approximate surface area is 108 Å². The standard InChI is InChI=1S/C12H23NO3S/c1-4-7-17-8-10(14)13-9-12(5-2,6-3)11(15)16/h4-9H2,1-3H3,(H,13,14)(H,15,16). The molecule has 0 radical (unpaired) electrons. The van der Waals surface area contributed by atoms with Gasteiger partial charge >= 0.3 is 5.97 Å². The van der Waals surface area contributed by atoms with Crippen LogP contribution in [0.4, 0.5) is 0 Å². The molecule has 0 saturated carbocycles. The maximum Gasteiger partial charge on any atom is 0.311 e. The molecule has 1 amide bonds. The number of amides is 1. The maximum atomic E-state index is 11.5. The van der Waals surface area contributed by atoms with Crippen molar-refractivity contribution >= 4 is 23.6 Å². The van der Waals surface area contributed by atoms with E-state index in [1.807, 2.05) is 13.8 Å². The highest BCUT2D eigenvalue weighted by Gasteiger charge is 2.34. The molecular weight excluding hydrogens is 238 g/mol. The van der Waals surface area contributed by atoms with Gasteiger partial charge in [-0.05, 0) is 25.0 Å². The molecule has 0 aliphatic carbocycles. The highest BCUT2D eigenvalue weighted by Crippen LogP contribution is 2.25. The van der Waals surface area contributed by atoms with Gasteiger partial charge in [0.25, 0.3) is 0 Å². The lowest BCUT2D eigenvalue weighted by Crippen LogP contribution is -2.42. The van der Waals surface area contributed by atoms with Gasteiger partial charge in [0.15, 0.2) is 0 Å². The van der Waals surface area contributed by atoms with Crippen LogP contribution in [0.1, 0.15) is 40.0 Å². The van der Waals surface area contributed by atoms with E-state index in [4.69, 9.17) is 0 Å². The summed E-state index contributed by atoms with van der Waals surface area (Å²) in [6, 6.07) is 0. The molecule has 0 aliphatic heterocycles. The Kier molecular flexibility index (Phi) is 8.04. The zero-order chi connectivity index (χ0) is 13.3. The van der Waals surface area contributed by atoms with E-state index in [1.54, 1.807) is 11.8 Å². The second kappa shape index (κ2) is 8.39. The SMILES string of the molecule is CCCSCC(=O)NCC(CC)(CC)C(=O)O. The first-order valence-electron chi connectivity index (χ1n) is 6.10. The van der Waals surface area contributed by atoms with Gasteiger partial charge in [0, 0.05) is 6.54 Å². The van der Waals surface area contributed by atoms with Gasteiger partial charge in [-0.25, -0.2) is 0 Å². The molecular formula is C12H23NO3S. The predicted octanol–water partition coefficient (Wildman–Crippen LogP) is 2.14. The van der Waals surface area contributed by atoms with Crippen LogP contribution in [0.3, 0.4) is 0 Å². The third-order valence-electron chi connectivity index (χ3n) is 3.01. The second-order valence-corrected chi connectivity index (χ2v) is 5.23. The van der Waals surface area contributed by atoms with E-state index in [-0.39, 0.29) is 12.5 Å². The molecule has 0 aliphatic rings. The minimum atomic E-state index is -0.830. The predicted molar refractivity (Wildman–Crippen MR) is 71.3 cm³/mol. The fraction of sp³-hybridized carbons (Fsp3) is 0.833. The number of rotatable bonds is 9. The van der Waals surface area contributed by atoms with Gasteiger partial charge in [-0.15, -0.1) is 0 Å². The lowest BCUT2D eigenvalue weighted by molar-refractivity contribution is -0.149. The summed E-state index contributed by atoms with van der Waals surface area (Å²) in [5, 5.41) is 11.9. The Morgan fingerprint density at radius 3 is 2.24 bits per heavy atom. The minimum Gasteiger partial charge on any atom is -0.481 e. The Morgan fingerprint density at radius 1 is 1.24 bits per heavy atom. The largest absolute Gasteiger partial charge is 0.481 e. The fourth-order valence-corrected chi connectivity index (χ4v) is 2.23. The van der Waals surface area contributed by atoms with Crippen LogP contribution in [-0.2, 0) is 9.59 Å². The summed E-state index contributed by atoms with van der Waals surface area (Å²) in [4.78, 5) is 22.7. The van der Waals surface area contributed by atoms with Crippen LogP contribution >= 0.6 is 11.8 Å². The molecule has 0 saturated heterocycles. The lowest BCUT2D eigenvalue weighted by atomic mass is 9.82. The molecule has 17 heavy (non-hydrogen) atoms. The van der Waals surface area contributed by atoms with Crippen molar-refractivity contribution in [2.24, 2.45) is 5.41 Å². The average molecular weight is 261 g/mol. The number of aliphatic carboxylic acids is 1.